The molecule has 2 N–H and O–H groups in total. The Morgan fingerprint density at radius 3 is 2.82 bits per heavy atom. The topological polar surface area (TPSA) is 49.3 Å². The molecule has 3 nitrogen and oxygen atoms in total. The zero-order valence-corrected chi connectivity index (χ0v) is 6.79. The summed E-state index contributed by atoms with van der Waals surface area (Å²) in [6.07, 6.45) is 3.20. The van der Waals surface area contributed by atoms with Crippen LogP contribution in [-0.2, 0) is 4.79 Å². The second-order valence-corrected chi connectivity index (χ2v) is 3.34. The highest BCUT2D eigenvalue weighted by Gasteiger charge is 2.25. The van der Waals surface area contributed by atoms with Gasteiger partial charge >= 0.3 is 0 Å². The molecule has 3 unspecified atom stereocenters. The fourth-order valence-electron chi connectivity index (χ4n) is 1.63. The smallest absolute Gasteiger partial charge is 0.207 e. The van der Waals surface area contributed by atoms with E-state index >= 15 is 0 Å². The highest BCUT2D eigenvalue weighted by molar-refractivity contribution is 5.46. The Morgan fingerprint density at radius 2 is 2.27 bits per heavy atom. The van der Waals surface area contributed by atoms with E-state index in [4.69, 9.17) is 0 Å². The van der Waals surface area contributed by atoms with Gasteiger partial charge in [0.05, 0.1) is 6.10 Å². The molecule has 0 radical (unpaired) electrons. The van der Waals surface area contributed by atoms with Gasteiger partial charge in [0.25, 0.3) is 0 Å². The summed E-state index contributed by atoms with van der Waals surface area (Å²) in [4.78, 5) is 10.1. The highest BCUT2D eigenvalue weighted by Crippen LogP contribution is 2.23. The number of carbonyl (C=O) groups excluding carboxylic acids is 1. The Kier molecular flexibility index (Phi) is 2.88. The quantitative estimate of drug-likeness (QED) is 0.566. The number of carbonyl (C=O) groups is 1. The lowest BCUT2D eigenvalue weighted by molar-refractivity contribution is -0.110. The molecule has 1 aliphatic carbocycles. The van der Waals surface area contributed by atoms with E-state index in [1.54, 1.807) is 0 Å². The Hall–Kier alpha value is -0.570. The summed E-state index contributed by atoms with van der Waals surface area (Å²) in [6.45, 7) is 2.02. The van der Waals surface area contributed by atoms with Crippen LogP contribution in [0.4, 0.5) is 0 Å². The number of rotatable bonds is 2. The predicted octanol–water partition coefficient (Wildman–Crippen LogP) is 0.282. The largest absolute Gasteiger partial charge is 0.393 e. The van der Waals surface area contributed by atoms with Crippen LogP contribution in [0.1, 0.15) is 26.2 Å². The molecule has 1 amide bonds. The number of aliphatic hydroxyl groups excluding tert-OH is 1. The highest BCUT2D eigenvalue weighted by atomic mass is 16.3. The number of aliphatic hydroxyl groups is 1. The first-order valence-electron chi connectivity index (χ1n) is 4.11. The minimum absolute atomic E-state index is 0.167. The lowest BCUT2D eigenvalue weighted by atomic mass is 9.85. The molecule has 0 spiro atoms. The third-order valence-electron chi connectivity index (χ3n) is 2.43. The van der Waals surface area contributed by atoms with Gasteiger partial charge in [-0.15, -0.1) is 0 Å². The van der Waals surface area contributed by atoms with Crippen LogP contribution in [0.15, 0.2) is 0 Å². The molecule has 0 aromatic rings. The van der Waals surface area contributed by atoms with E-state index in [2.05, 4.69) is 5.32 Å². The van der Waals surface area contributed by atoms with Crippen LogP contribution < -0.4 is 5.32 Å². The summed E-state index contributed by atoms with van der Waals surface area (Å²) in [6, 6.07) is 0.283. The lowest BCUT2D eigenvalue weighted by Crippen LogP contribution is -2.38. The minimum Gasteiger partial charge on any atom is -0.393 e. The maximum absolute atomic E-state index is 10.1. The van der Waals surface area contributed by atoms with Crippen LogP contribution in [0.5, 0.6) is 0 Å². The van der Waals surface area contributed by atoms with Gasteiger partial charge in [-0.05, 0) is 25.2 Å². The van der Waals surface area contributed by atoms with E-state index < -0.39 is 0 Å². The molecule has 1 aliphatic rings. The van der Waals surface area contributed by atoms with Crippen molar-refractivity contribution in [3.05, 3.63) is 0 Å². The molecule has 3 atom stereocenters. The number of nitrogens with one attached hydrogen (secondary N) is 1. The summed E-state index contributed by atoms with van der Waals surface area (Å²) >= 11 is 0. The van der Waals surface area contributed by atoms with Gasteiger partial charge in [-0.25, -0.2) is 0 Å². The first-order valence-corrected chi connectivity index (χ1v) is 4.11. The normalized spacial score (nSPS) is 38.2. The van der Waals surface area contributed by atoms with Gasteiger partial charge in [0.1, 0.15) is 0 Å². The molecular weight excluding hydrogens is 142 g/mol. The first kappa shape index (κ1) is 8.53. The Balaban J connectivity index is 2.33. The van der Waals surface area contributed by atoms with Crippen molar-refractivity contribution in [2.75, 3.05) is 0 Å². The van der Waals surface area contributed by atoms with E-state index in [9.17, 15) is 9.90 Å². The number of amides is 1. The Bertz CT molecular complexity index is 138. The molecule has 1 rings (SSSR count). The second kappa shape index (κ2) is 3.72. The molecule has 64 valence electrons. The monoisotopic (exact) mass is 157 g/mol. The first-order chi connectivity index (χ1) is 5.24. The van der Waals surface area contributed by atoms with E-state index in [0.29, 0.717) is 5.92 Å². The van der Waals surface area contributed by atoms with Crippen LogP contribution in [0.2, 0.25) is 0 Å². The zero-order valence-electron chi connectivity index (χ0n) is 6.79. The van der Waals surface area contributed by atoms with Crippen LogP contribution in [0, 0.1) is 5.92 Å². The number of hydrogen-bond donors (Lipinski definition) is 2. The molecule has 0 aliphatic heterocycles. The zero-order chi connectivity index (χ0) is 8.27. The third kappa shape index (κ3) is 2.19. The van der Waals surface area contributed by atoms with Crippen molar-refractivity contribution in [3.63, 3.8) is 0 Å². The van der Waals surface area contributed by atoms with Gasteiger partial charge in [-0.3, -0.25) is 4.79 Å². The second-order valence-electron chi connectivity index (χ2n) is 3.34. The Labute approximate surface area is 66.8 Å². The molecular formula is C8H15NO2. The molecule has 0 aromatic heterocycles. The fourth-order valence-corrected chi connectivity index (χ4v) is 1.63. The van der Waals surface area contributed by atoms with Crippen molar-refractivity contribution in [2.24, 2.45) is 5.92 Å². The van der Waals surface area contributed by atoms with Crippen molar-refractivity contribution in [1.29, 1.82) is 0 Å². The summed E-state index contributed by atoms with van der Waals surface area (Å²) in [7, 11) is 0. The van der Waals surface area contributed by atoms with Gasteiger partial charge in [-0.1, -0.05) is 6.92 Å². The molecule has 1 fully saturated rings. The lowest BCUT2D eigenvalue weighted by Gasteiger charge is -2.30. The SMILES string of the molecule is CC1CC(NC=O)CCC1O. The molecule has 11 heavy (non-hydrogen) atoms. The fraction of sp³-hybridized carbons (Fsp3) is 0.875. The standard InChI is InChI=1S/C8H15NO2/c1-6-4-7(9-5-10)2-3-8(6)11/h5-8,11H,2-4H2,1H3,(H,9,10). The van der Waals surface area contributed by atoms with Crippen molar-refractivity contribution in [2.45, 2.75) is 38.3 Å². The summed E-state index contributed by atoms with van der Waals surface area (Å²) in [5, 5.41) is 12.1. The van der Waals surface area contributed by atoms with Crippen LogP contribution in [-0.4, -0.2) is 23.7 Å². The van der Waals surface area contributed by atoms with Crippen LogP contribution in [0.3, 0.4) is 0 Å². The average Bonchev–Trinajstić information content (AvgIpc) is 1.98. The molecule has 0 saturated heterocycles. The van der Waals surface area contributed by atoms with E-state index in [1.165, 1.54) is 0 Å². The maximum Gasteiger partial charge on any atom is 0.207 e. The molecule has 0 bridgehead atoms. The number of hydrogen-bond acceptors (Lipinski definition) is 2. The molecule has 0 aromatic carbocycles. The molecule has 1 saturated carbocycles. The van der Waals surface area contributed by atoms with Crippen LogP contribution >= 0.6 is 0 Å². The molecule has 0 heterocycles. The molecule has 3 heteroatoms. The summed E-state index contributed by atoms with van der Waals surface area (Å²) in [5.41, 5.74) is 0. The Morgan fingerprint density at radius 1 is 1.55 bits per heavy atom. The van der Waals surface area contributed by atoms with Gasteiger partial charge in [0, 0.05) is 6.04 Å². The maximum atomic E-state index is 10.1. The third-order valence-corrected chi connectivity index (χ3v) is 2.43. The van der Waals surface area contributed by atoms with Gasteiger partial charge in [-0.2, -0.15) is 0 Å². The predicted molar refractivity (Wildman–Crippen MR) is 42.0 cm³/mol. The van der Waals surface area contributed by atoms with Crippen molar-refractivity contribution >= 4 is 6.41 Å². The van der Waals surface area contributed by atoms with E-state index in [0.717, 1.165) is 25.7 Å². The van der Waals surface area contributed by atoms with E-state index in [-0.39, 0.29) is 12.1 Å². The van der Waals surface area contributed by atoms with Crippen molar-refractivity contribution < 1.29 is 9.90 Å². The van der Waals surface area contributed by atoms with Gasteiger partial charge in [0.2, 0.25) is 6.41 Å². The van der Waals surface area contributed by atoms with Crippen molar-refractivity contribution in [3.8, 4) is 0 Å². The van der Waals surface area contributed by atoms with Gasteiger partial charge in [0.15, 0.2) is 0 Å². The summed E-state index contributed by atoms with van der Waals surface area (Å²) in [5.74, 6) is 0.321. The van der Waals surface area contributed by atoms with Gasteiger partial charge < -0.3 is 10.4 Å². The summed E-state index contributed by atoms with van der Waals surface area (Å²) < 4.78 is 0. The van der Waals surface area contributed by atoms with Crippen LogP contribution in [0.25, 0.3) is 0 Å². The average molecular weight is 157 g/mol. The van der Waals surface area contributed by atoms with Crippen molar-refractivity contribution in [1.82, 2.24) is 5.32 Å². The van der Waals surface area contributed by atoms with E-state index in [1.807, 2.05) is 6.92 Å². The minimum atomic E-state index is -0.167.